The van der Waals surface area contributed by atoms with Crippen molar-refractivity contribution in [3.8, 4) is 22.8 Å². The van der Waals surface area contributed by atoms with Crippen molar-refractivity contribution >= 4 is 31.6 Å². The third kappa shape index (κ3) is 3.96. The largest absolute Gasteiger partial charge is 0.334 e. The molecule has 0 radical (unpaired) electrons. The number of hydrogen-bond acceptors (Lipinski definition) is 5. The summed E-state index contributed by atoms with van der Waals surface area (Å²) in [6, 6.07) is 14.3. The molecule has 0 aliphatic heterocycles. The zero-order valence-corrected chi connectivity index (χ0v) is 14.4. The van der Waals surface area contributed by atoms with Gasteiger partial charge >= 0.3 is 0 Å². The Hall–Kier alpha value is -2.19. The monoisotopic (exact) mass is 393 g/mol. The number of benzene rings is 2. The number of halogens is 1. The molecule has 8 heteroatoms. The molecule has 1 aromatic heterocycles. The van der Waals surface area contributed by atoms with Crippen LogP contribution in [0.3, 0.4) is 0 Å². The highest BCUT2D eigenvalue weighted by atomic mass is 79.9. The predicted molar refractivity (Wildman–Crippen MR) is 91.3 cm³/mol. The minimum absolute atomic E-state index is 0.422. The highest BCUT2D eigenvalue weighted by molar-refractivity contribution is 9.10. The number of rotatable bonds is 4. The number of hydrogen-bond donors (Lipinski definition) is 1. The van der Waals surface area contributed by atoms with Gasteiger partial charge in [0.15, 0.2) is 0 Å². The van der Waals surface area contributed by atoms with E-state index in [1.165, 1.54) is 0 Å². The van der Waals surface area contributed by atoms with E-state index in [0.29, 0.717) is 17.4 Å². The summed E-state index contributed by atoms with van der Waals surface area (Å²) in [5.74, 6) is 0.861. The fourth-order valence-corrected chi connectivity index (χ4v) is 2.78. The molecule has 0 saturated carbocycles. The molecule has 0 bridgehead atoms. The van der Waals surface area contributed by atoms with Crippen LogP contribution in [0.25, 0.3) is 22.8 Å². The van der Waals surface area contributed by atoms with Crippen LogP contribution in [-0.2, 0) is 10.0 Å². The summed E-state index contributed by atoms with van der Waals surface area (Å²) in [5, 5.41) is 3.95. The van der Waals surface area contributed by atoms with Gasteiger partial charge in [0.05, 0.1) is 6.26 Å². The van der Waals surface area contributed by atoms with E-state index < -0.39 is 10.0 Å². The van der Waals surface area contributed by atoms with E-state index in [-0.39, 0.29) is 0 Å². The lowest BCUT2D eigenvalue weighted by Crippen LogP contribution is -2.09. The van der Waals surface area contributed by atoms with Crippen LogP contribution in [-0.4, -0.2) is 24.8 Å². The molecule has 118 valence electrons. The number of sulfonamides is 1. The van der Waals surface area contributed by atoms with Crippen LogP contribution in [0.15, 0.2) is 57.5 Å². The molecule has 0 saturated heterocycles. The SMILES string of the molecule is CS(=O)(=O)Nc1ccc(-c2noc(-c3ccc(Br)cc3)n2)cc1. The molecular formula is C15H12BrN3O3S. The summed E-state index contributed by atoms with van der Waals surface area (Å²) in [6.07, 6.45) is 1.10. The van der Waals surface area contributed by atoms with Crippen LogP contribution in [0.4, 0.5) is 5.69 Å². The zero-order chi connectivity index (χ0) is 16.4. The Balaban J connectivity index is 1.84. The van der Waals surface area contributed by atoms with Gasteiger partial charge in [0, 0.05) is 21.3 Å². The van der Waals surface area contributed by atoms with Gasteiger partial charge in [-0.15, -0.1) is 0 Å². The molecule has 3 rings (SSSR count). The second-order valence-corrected chi connectivity index (χ2v) is 7.55. The van der Waals surface area contributed by atoms with E-state index in [2.05, 4.69) is 30.8 Å². The first kappa shape index (κ1) is 15.7. The van der Waals surface area contributed by atoms with Gasteiger partial charge in [0.25, 0.3) is 5.89 Å². The van der Waals surface area contributed by atoms with Crippen LogP contribution >= 0.6 is 15.9 Å². The topological polar surface area (TPSA) is 85.1 Å². The quantitative estimate of drug-likeness (QED) is 0.732. The molecule has 0 amide bonds. The molecule has 6 nitrogen and oxygen atoms in total. The Morgan fingerprint density at radius 3 is 2.22 bits per heavy atom. The summed E-state index contributed by atoms with van der Waals surface area (Å²) in [5.41, 5.74) is 2.03. The van der Waals surface area contributed by atoms with Crippen LogP contribution < -0.4 is 4.72 Å². The number of anilines is 1. The number of aromatic nitrogens is 2. The van der Waals surface area contributed by atoms with Gasteiger partial charge in [-0.05, 0) is 48.5 Å². The van der Waals surface area contributed by atoms with Crippen molar-refractivity contribution in [2.75, 3.05) is 11.0 Å². The maximum absolute atomic E-state index is 11.2. The molecule has 3 aromatic rings. The summed E-state index contributed by atoms with van der Waals surface area (Å²) < 4.78 is 31.0. The highest BCUT2D eigenvalue weighted by Gasteiger charge is 2.11. The van der Waals surface area contributed by atoms with E-state index in [1.54, 1.807) is 24.3 Å². The number of nitrogens with zero attached hydrogens (tertiary/aromatic N) is 2. The summed E-state index contributed by atoms with van der Waals surface area (Å²) in [4.78, 5) is 4.35. The molecule has 1 heterocycles. The maximum Gasteiger partial charge on any atom is 0.258 e. The van der Waals surface area contributed by atoms with Crippen molar-refractivity contribution in [3.05, 3.63) is 53.0 Å². The molecule has 1 N–H and O–H groups in total. The lowest BCUT2D eigenvalue weighted by atomic mass is 10.2. The first-order chi connectivity index (χ1) is 10.9. The minimum Gasteiger partial charge on any atom is -0.334 e. The summed E-state index contributed by atoms with van der Waals surface area (Å²) in [7, 11) is -3.29. The Morgan fingerprint density at radius 2 is 1.61 bits per heavy atom. The molecule has 0 unspecified atom stereocenters. The van der Waals surface area contributed by atoms with Crippen LogP contribution in [0.5, 0.6) is 0 Å². The van der Waals surface area contributed by atoms with Gasteiger partial charge in [0.1, 0.15) is 0 Å². The molecule has 0 aliphatic rings. The molecule has 0 spiro atoms. The fourth-order valence-electron chi connectivity index (χ4n) is 1.95. The predicted octanol–water partition coefficient (Wildman–Crippen LogP) is 3.54. The van der Waals surface area contributed by atoms with Crippen molar-refractivity contribution in [2.24, 2.45) is 0 Å². The van der Waals surface area contributed by atoms with Crippen LogP contribution in [0.2, 0.25) is 0 Å². The molecule has 0 aliphatic carbocycles. The standard InChI is InChI=1S/C15H12BrN3O3S/c1-23(20,21)19-13-8-4-10(5-9-13)14-17-15(22-18-14)11-2-6-12(16)7-3-11/h2-9,19H,1H3. The zero-order valence-electron chi connectivity index (χ0n) is 12.0. The second kappa shape index (κ2) is 6.13. The third-order valence-corrected chi connectivity index (χ3v) is 4.10. The second-order valence-electron chi connectivity index (χ2n) is 4.88. The molecule has 2 aromatic carbocycles. The molecular weight excluding hydrogens is 382 g/mol. The molecule has 0 fully saturated rings. The van der Waals surface area contributed by atoms with Crippen LogP contribution in [0.1, 0.15) is 0 Å². The smallest absolute Gasteiger partial charge is 0.258 e. The average Bonchev–Trinajstić information content (AvgIpc) is 2.97. The summed E-state index contributed by atoms with van der Waals surface area (Å²) in [6.45, 7) is 0. The van der Waals surface area contributed by atoms with E-state index >= 15 is 0 Å². The third-order valence-electron chi connectivity index (χ3n) is 2.96. The Bertz CT molecular complexity index is 919. The molecule has 0 atom stereocenters. The van der Waals surface area contributed by atoms with E-state index in [9.17, 15) is 8.42 Å². The van der Waals surface area contributed by atoms with Gasteiger partial charge in [-0.3, -0.25) is 4.72 Å². The van der Waals surface area contributed by atoms with Gasteiger partial charge in [-0.1, -0.05) is 21.1 Å². The Morgan fingerprint density at radius 1 is 1.00 bits per heavy atom. The lowest BCUT2D eigenvalue weighted by molar-refractivity contribution is 0.432. The van der Waals surface area contributed by atoms with Crippen LogP contribution in [0, 0.1) is 0 Å². The van der Waals surface area contributed by atoms with E-state index in [4.69, 9.17) is 4.52 Å². The first-order valence-electron chi connectivity index (χ1n) is 6.58. The van der Waals surface area contributed by atoms with Gasteiger partial charge in [-0.25, -0.2) is 8.42 Å². The number of nitrogens with one attached hydrogen (secondary N) is 1. The van der Waals surface area contributed by atoms with Crippen molar-refractivity contribution in [1.82, 2.24) is 10.1 Å². The normalized spacial score (nSPS) is 11.4. The molecule has 23 heavy (non-hydrogen) atoms. The van der Waals surface area contributed by atoms with E-state index in [0.717, 1.165) is 21.9 Å². The Kier molecular flexibility index (Phi) is 4.18. The van der Waals surface area contributed by atoms with Crippen molar-refractivity contribution in [3.63, 3.8) is 0 Å². The maximum atomic E-state index is 11.2. The lowest BCUT2D eigenvalue weighted by Gasteiger charge is -2.03. The van der Waals surface area contributed by atoms with Gasteiger partial charge in [0.2, 0.25) is 15.8 Å². The van der Waals surface area contributed by atoms with Gasteiger partial charge < -0.3 is 4.52 Å². The average molecular weight is 394 g/mol. The Labute approximate surface area is 141 Å². The van der Waals surface area contributed by atoms with Crippen molar-refractivity contribution in [1.29, 1.82) is 0 Å². The summed E-state index contributed by atoms with van der Waals surface area (Å²) >= 11 is 3.37. The highest BCUT2D eigenvalue weighted by Crippen LogP contribution is 2.24. The fraction of sp³-hybridized carbons (Fsp3) is 0.0667. The van der Waals surface area contributed by atoms with E-state index in [1.807, 2.05) is 24.3 Å². The minimum atomic E-state index is -3.29. The van der Waals surface area contributed by atoms with Gasteiger partial charge in [-0.2, -0.15) is 4.98 Å². The van der Waals surface area contributed by atoms with Crippen molar-refractivity contribution < 1.29 is 12.9 Å². The first-order valence-corrected chi connectivity index (χ1v) is 9.27. The van der Waals surface area contributed by atoms with Crippen molar-refractivity contribution in [2.45, 2.75) is 0 Å².